The molecule has 0 aliphatic carbocycles. The molecule has 3 heterocycles. The fourth-order valence-electron chi connectivity index (χ4n) is 3.59. The molecule has 0 spiro atoms. The standard InChI is InChI=1S/C19H27N5O/c1-2-7-21-16(3-1)6-12-25-17-5-4-15-14-22-19(23-18(15)13-17)24-10-8-20-9-11-24/h4-5,13-14,16,20-21H,1-3,6-12H2. The Bertz CT molecular complexity index is 695. The number of piperidine rings is 1. The van der Waals surface area contributed by atoms with Crippen LogP contribution in [-0.2, 0) is 0 Å². The van der Waals surface area contributed by atoms with Crippen molar-refractivity contribution < 1.29 is 4.74 Å². The molecule has 4 rings (SSSR count). The fourth-order valence-corrected chi connectivity index (χ4v) is 3.59. The van der Waals surface area contributed by atoms with Crippen LogP contribution >= 0.6 is 0 Å². The van der Waals surface area contributed by atoms with Crippen molar-refractivity contribution in [3.8, 4) is 5.75 Å². The number of ether oxygens (including phenoxy) is 1. The first kappa shape index (κ1) is 16.5. The monoisotopic (exact) mass is 341 g/mol. The minimum atomic E-state index is 0.607. The highest BCUT2D eigenvalue weighted by atomic mass is 16.5. The van der Waals surface area contributed by atoms with E-state index >= 15 is 0 Å². The summed E-state index contributed by atoms with van der Waals surface area (Å²) >= 11 is 0. The first-order valence-corrected chi connectivity index (χ1v) is 9.47. The summed E-state index contributed by atoms with van der Waals surface area (Å²) in [5.41, 5.74) is 0.955. The van der Waals surface area contributed by atoms with Crippen molar-refractivity contribution in [1.82, 2.24) is 20.6 Å². The van der Waals surface area contributed by atoms with Gasteiger partial charge in [-0.1, -0.05) is 6.42 Å². The van der Waals surface area contributed by atoms with E-state index in [-0.39, 0.29) is 0 Å². The Balaban J connectivity index is 1.41. The van der Waals surface area contributed by atoms with Gasteiger partial charge in [0.05, 0.1) is 12.1 Å². The van der Waals surface area contributed by atoms with Crippen molar-refractivity contribution in [2.75, 3.05) is 44.2 Å². The molecule has 0 radical (unpaired) electrons. The van der Waals surface area contributed by atoms with Crippen LogP contribution in [0.1, 0.15) is 25.7 Å². The van der Waals surface area contributed by atoms with Crippen molar-refractivity contribution in [3.05, 3.63) is 24.4 Å². The molecule has 1 unspecified atom stereocenters. The number of nitrogens with zero attached hydrogens (tertiary/aromatic N) is 3. The van der Waals surface area contributed by atoms with Crippen LogP contribution in [0.5, 0.6) is 5.75 Å². The van der Waals surface area contributed by atoms with Crippen molar-refractivity contribution in [1.29, 1.82) is 0 Å². The molecular formula is C19H27N5O. The van der Waals surface area contributed by atoms with Crippen molar-refractivity contribution in [2.45, 2.75) is 31.7 Å². The zero-order valence-electron chi connectivity index (χ0n) is 14.7. The molecule has 1 atom stereocenters. The number of piperazine rings is 1. The number of anilines is 1. The third kappa shape index (κ3) is 4.19. The van der Waals surface area contributed by atoms with Crippen LogP contribution in [-0.4, -0.2) is 55.3 Å². The molecule has 2 N–H and O–H groups in total. The molecule has 1 aromatic carbocycles. The Morgan fingerprint density at radius 2 is 2.08 bits per heavy atom. The zero-order chi connectivity index (χ0) is 16.9. The Morgan fingerprint density at radius 3 is 2.92 bits per heavy atom. The van der Waals surface area contributed by atoms with Crippen LogP contribution in [0.25, 0.3) is 10.9 Å². The van der Waals surface area contributed by atoms with Gasteiger partial charge in [0.15, 0.2) is 0 Å². The number of benzene rings is 1. The molecule has 25 heavy (non-hydrogen) atoms. The summed E-state index contributed by atoms with van der Waals surface area (Å²) in [6, 6.07) is 6.71. The smallest absolute Gasteiger partial charge is 0.225 e. The summed E-state index contributed by atoms with van der Waals surface area (Å²) in [7, 11) is 0. The minimum absolute atomic E-state index is 0.607. The Kier molecular flexibility index (Phi) is 5.28. The second-order valence-corrected chi connectivity index (χ2v) is 6.91. The van der Waals surface area contributed by atoms with Crippen LogP contribution < -0.4 is 20.3 Å². The molecule has 2 saturated heterocycles. The number of hydrogen-bond donors (Lipinski definition) is 2. The maximum Gasteiger partial charge on any atom is 0.225 e. The van der Waals surface area contributed by atoms with E-state index in [0.717, 1.165) is 68.4 Å². The molecule has 2 fully saturated rings. The summed E-state index contributed by atoms with van der Waals surface area (Å²) in [4.78, 5) is 11.5. The van der Waals surface area contributed by atoms with Gasteiger partial charge in [-0.25, -0.2) is 9.97 Å². The third-order valence-corrected chi connectivity index (χ3v) is 5.09. The van der Waals surface area contributed by atoms with Crippen LogP contribution in [0.4, 0.5) is 5.95 Å². The van der Waals surface area contributed by atoms with Crippen molar-refractivity contribution >= 4 is 16.9 Å². The molecule has 6 heteroatoms. The van der Waals surface area contributed by atoms with E-state index in [1.807, 2.05) is 24.4 Å². The van der Waals surface area contributed by atoms with Crippen LogP contribution in [0, 0.1) is 0 Å². The zero-order valence-corrected chi connectivity index (χ0v) is 14.7. The second kappa shape index (κ2) is 7.97. The van der Waals surface area contributed by atoms with Gasteiger partial charge in [0.1, 0.15) is 5.75 Å². The van der Waals surface area contributed by atoms with Crippen LogP contribution in [0.15, 0.2) is 24.4 Å². The van der Waals surface area contributed by atoms with Gasteiger partial charge in [0, 0.05) is 49.9 Å². The molecule has 2 aliphatic heterocycles. The fraction of sp³-hybridized carbons (Fsp3) is 0.579. The van der Waals surface area contributed by atoms with Gasteiger partial charge < -0.3 is 20.3 Å². The van der Waals surface area contributed by atoms with Gasteiger partial charge in [0.2, 0.25) is 5.95 Å². The lowest BCUT2D eigenvalue weighted by atomic mass is 10.0. The van der Waals surface area contributed by atoms with Gasteiger partial charge in [-0.2, -0.15) is 0 Å². The molecule has 0 bridgehead atoms. The van der Waals surface area contributed by atoms with Crippen molar-refractivity contribution in [2.24, 2.45) is 0 Å². The number of fused-ring (bicyclic) bond motifs is 1. The lowest BCUT2D eigenvalue weighted by molar-refractivity contribution is 0.268. The van der Waals surface area contributed by atoms with E-state index in [1.165, 1.54) is 19.3 Å². The molecule has 1 aromatic heterocycles. The Hall–Kier alpha value is -1.92. The lowest BCUT2D eigenvalue weighted by Gasteiger charge is -2.27. The normalized spacial score (nSPS) is 21.4. The first-order valence-electron chi connectivity index (χ1n) is 9.47. The molecule has 2 aliphatic rings. The van der Waals surface area contributed by atoms with Gasteiger partial charge in [0.25, 0.3) is 0 Å². The quantitative estimate of drug-likeness (QED) is 0.867. The van der Waals surface area contributed by atoms with Crippen molar-refractivity contribution in [3.63, 3.8) is 0 Å². The third-order valence-electron chi connectivity index (χ3n) is 5.09. The first-order chi connectivity index (χ1) is 12.4. The summed E-state index contributed by atoms with van der Waals surface area (Å²) in [6.07, 6.45) is 6.88. The number of nitrogens with one attached hydrogen (secondary N) is 2. The summed E-state index contributed by atoms with van der Waals surface area (Å²) in [6.45, 7) is 5.77. The summed E-state index contributed by atoms with van der Waals surface area (Å²) < 4.78 is 5.98. The highest BCUT2D eigenvalue weighted by Crippen LogP contribution is 2.21. The van der Waals surface area contributed by atoms with Gasteiger partial charge in [-0.05, 0) is 37.9 Å². The average Bonchev–Trinajstić information content (AvgIpc) is 2.69. The molecule has 0 saturated carbocycles. The maximum atomic E-state index is 5.98. The summed E-state index contributed by atoms with van der Waals surface area (Å²) in [5, 5.41) is 7.98. The van der Waals surface area contributed by atoms with Gasteiger partial charge >= 0.3 is 0 Å². The van der Waals surface area contributed by atoms with E-state index < -0.39 is 0 Å². The molecule has 6 nitrogen and oxygen atoms in total. The molecule has 0 amide bonds. The highest BCUT2D eigenvalue weighted by Gasteiger charge is 2.14. The topological polar surface area (TPSA) is 62.3 Å². The minimum Gasteiger partial charge on any atom is -0.493 e. The van der Waals surface area contributed by atoms with E-state index in [4.69, 9.17) is 9.72 Å². The van der Waals surface area contributed by atoms with Gasteiger partial charge in [-0.3, -0.25) is 0 Å². The van der Waals surface area contributed by atoms with E-state index in [2.05, 4.69) is 20.5 Å². The second-order valence-electron chi connectivity index (χ2n) is 6.91. The predicted molar refractivity (Wildman–Crippen MR) is 100 cm³/mol. The van der Waals surface area contributed by atoms with Crippen LogP contribution in [0.2, 0.25) is 0 Å². The SMILES string of the molecule is c1cc2cnc(N3CCNCC3)nc2cc1OCCC1CCCCN1. The molecule has 134 valence electrons. The Labute approximate surface area is 149 Å². The average molecular weight is 341 g/mol. The number of hydrogen-bond acceptors (Lipinski definition) is 6. The highest BCUT2D eigenvalue weighted by molar-refractivity contribution is 5.80. The van der Waals surface area contributed by atoms with E-state index in [1.54, 1.807) is 0 Å². The maximum absolute atomic E-state index is 5.98. The number of aromatic nitrogens is 2. The predicted octanol–water partition coefficient (Wildman–Crippen LogP) is 1.95. The van der Waals surface area contributed by atoms with Gasteiger partial charge in [-0.15, -0.1) is 0 Å². The number of rotatable bonds is 5. The van der Waals surface area contributed by atoms with Crippen LogP contribution in [0.3, 0.4) is 0 Å². The largest absolute Gasteiger partial charge is 0.493 e. The molecular weight excluding hydrogens is 314 g/mol. The molecule has 2 aromatic rings. The summed E-state index contributed by atoms with van der Waals surface area (Å²) in [5.74, 6) is 1.71. The van der Waals surface area contributed by atoms with E-state index in [0.29, 0.717) is 6.04 Å². The lowest BCUT2D eigenvalue weighted by Crippen LogP contribution is -2.44. The Morgan fingerprint density at radius 1 is 1.16 bits per heavy atom. The van der Waals surface area contributed by atoms with E-state index in [9.17, 15) is 0 Å².